The monoisotopic (exact) mass is 244 g/mol. The Bertz CT molecular complexity index is 286. The van der Waals surface area contributed by atoms with Gasteiger partial charge in [-0.15, -0.1) is 0 Å². The highest BCUT2D eigenvalue weighted by Gasteiger charge is 2.03. The highest BCUT2D eigenvalue weighted by molar-refractivity contribution is 9.10. The van der Waals surface area contributed by atoms with Crippen LogP contribution in [0, 0.1) is 0 Å². The summed E-state index contributed by atoms with van der Waals surface area (Å²) in [5.74, 6) is 0.736. The van der Waals surface area contributed by atoms with Crippen molar-refractivity contribution >= 4 is 33.5 Å². The summed E-state index contributed by atoms with van der Waals surface area (Å²) in [6.45, 7) is 0. The lowest BCUT2D eigenvalue weighted by Crippen LogP contribution is -2.01. The lowest BCUT2D eigenvalue weighted by Gasteiger charge is -1.98. The Morgan fingerprint density at radius 2 is 2.33 bits per heavy atom. The summed E-state index contributed by atoms with van der Waals surface area (Å²) in [5, 5.41) is 0. The number of hydrogen-bond acceptors (Lipinski definition) is 2. The van der Waals surface area contributed by atoms with Gasteiger partial charge in [-0.1, -0.05) is 28.1 Å². The van der Waals surface area contributed by atoms with Gasteiger partial charge in [0.2, 0.25) is 0 Å². The van der Waals surface area contributed by atoms with Crippen LogP contribution in [0.25, 0.3) is 0 Å². The molecule has 0 spiro atoms. The van der Waals surface area contributed by atoms with E-state index in [2.05, 4.69) is 15.9 Å². The second-order valence-corrected chi connectivity index (χ2v) is 4.15. The maximum Gasteiger partial charge on any atom is 0.172 e. The highest BCUT2D eigenvalue weighted by atomic mass is 79.9. The van der Waals surface area contributed by atoms with Gasteiger partial charge >= 0.3 is 0 Å². The number of Topliss-reactive ketones (excluding diaryl/α,β-unsaturated/α-hetero) is 1. The Hall–Kier alpha value is -0.280. The topological polar surface area (TPSA) is 17.1 Å². The molecule has 0 heterocycles. The molecule has 0 aromatic heterocycles. The number of benzene rings is 1. The van der Waals surface area contributed by atoms with Crippen molar-refractivity contribution < 1.29 is 4.79 Å². The third kappa shape index (κ3) is 2.64. The first-order valence-corrected chi connectivity index (χ1v) is 5.70. The second-order valence-electron chi connectivity index (χ2n) is 2.37. The molecule has 1 aromatic rings. The van der Waals surface area contributed by atoms with Crippen molar-refractivity contribution in [3.8, 4) is 0 Å². The first-order chi connectivity index (χ1) is 5.74. The molecule has 0 aliphatic rings. The number of rotatable bonds is 3. The van der Waals surface area contributed by atoms with Crippen molar-refractivity contribution in [1.29, 1.82) is 0 Å². The first-order valence-electron chi connectivity index (χ1n) is 3.51. The van der Waals surface area contributed by atoms with E-state index in [-0.39, 0.29) is 5.78 Å². The van der Waals surface area contributed by atoms with Gasteiger partial charge in [0.15, 0.2) is 5.78 Å². The molecule has 1 nitrogen and oxygen atoms in total. The fraction of sp³-hybridized carbons (Fsp3) is 0.222. The van der Waals surface area contributed by atoms with Crippen molar-refractivity contribution in [1.82, 2.24) is 0 Å². The largest absolute Gasteiger partial charge is 0.293 e. The van der Waals surface area contributed by atoms with Crippen LogP contribution < -0.4 is 0 Å². The summed E-state index contributed by atoms with van der Waals surface area (Å²) in [7, 11) is 0. The lowest BCUT2D eigenvalue weighted by molar-refractivity contribution is 0.102. The van der Waals surface area contributed by atoms with E-state index in [0.717, 1.165) is 10.0 Å². The molecule has 0 aliphatic heterocycles. The van der Waals surface area contributed by atoms with Gasteiger partial charge in [0, 0.05) is 10.0 Å². The van der Waals surface area contributed by atoms with Crippen molar-refractivity contribution in [2.75, 3.05) is 12.0 Å². The van der Waals surface area contributed by atoms with E-state index in [0.29, 0.717) is 5.75 Å². The van der Waals surface area contributed by atoms with Crippen LogP contribution in [0.3, 0.4) is 0 Å². The van der Waals surface area contributed by atoms with Gasteiger partial charge < -0.3 is 0 Å². The molecule has 1 rings (SSSR count). The zero-order chi connectivity index (χ0) is 8.97. The predicted molar refractivity (Wildman–Crippen MR) is 56.9 cm³/mol. The Labute approximate surface area is 84.7 Å². The minimum absolute atomic E-state index is 0.184. The van der Waals surface area contributed by atoms with Crippen LogP contribution in [0.1, 0.15) is 10.4 Å². The van der Waals surface area contributed by atoms with Gasteiger partial charge in [-0.25, -0.2) is 0 Å². The molecule has 0 atom stereocenters. The average molecular weight is 245 g/mol. The Morgan fingerprint density at radius 1 is 1.58 bits per heavy atom. The molecule has 12 heavy (non-hydrogen) atoms. The molecular weight excluding hydrogens is 236 g/mol. The second kappa shape index (κ2) is 4.67. The third-order valence-corrected chi connectivity index (χ3v) is 2.47. The molecule has 0 amide bonds. The number of thioether (sulfide) groups is 1. The normalized spacial score (nSPS) is 9.83. The van der Waals surface area contributed by atoms with Crippen molar-refractivity contribution in [3.05, 3.63) is 34.3 Å². The maximum atomic E-state index is 11.4. The summed E-state index contributed by atoms with van der Waals surface area (Å²) in [6, 6.07) is 7.47. The van der Waals surface area contributed by atoms with Crippen LogP contribution in [0.4, 0.5) is 0 Å². The first kappa shape index (κ1) is 9.81. The Morgan fingerprint density at radius 3 is 2.92 bits per heavy atom. The van der Waals surface area contributed by atoms with Gasteiger partial charge in [-0.3, -0.25) is 4.79 Å². The zero-order valence-corrected chi connectivity index (χ0v) is 9.11. The van der Waals surface area contributed by atoms with Gasteiger partial charge in [-0.2, -0.15) is 11.8 Å². The molecule has 64 valence electrons. The standard InChI is InChI=1S/C9H9BrOS/c1-12-6-9(11)7-3-2-4-8(10)5-7/h2-5H,6H2,1H3. The summed E-state index contributed by atoms with van der Waals surface area (Å²) >= 11 is 4.87. The molecule has 0 radical (unpaired) electrons. The van der Waals surface area contributed by atoms with E-state index in [1.54, 1.807) is 11.8 Å². The molecule has 0 bridgehead atoms. The van der Waals surface area contributed by atoms with Gasteiger partial charge in [-0.05, 0) is 18.4 Å². The lowest BCUT2D eigenvalue weighted by atomic mass is 10.2. The average Bonchev–Trinajstić information content (AvgIpc) is 2.05. The van der Waals surface area contributed by atoms with Crippen molar-refractivity contribution in [3.63, 3.8) is 0 Å². The Kier molecular flexibility index (Phi) is 3.82. The fourth-order valence-corrected chi connectivity index (χ4v) is 1.70. The summed E-state index contributed by atoms with van der Waals surface area (Å²) < 4.78 is 0.953. The van der Waals surface area contributed by atoms with Gasteiger partial charge in [0.25, 0.3) is 0 Å². The molecule has 0 fully saturated rings. The molecule has 0 aliphatic carbocycles. The molecule has 1 aromatic carbocycles. The van der Waals surface area contributed by atoms with E-state index < -0.39 is 0 Å². The van der Waals surface area contributed by atoms with Crippen LogP contribution >= 0.6 is 27.7 Å². The number of hydrogen-bond donors (Lipinski definition) is 0. The van der Waals surface area contributed by atoms with E-state index in [1.165, 1.54) is 0 Å². The van der Waals surface area contributed by atoms with Crippen molar-refractivity contribution in [2.24, 2.45) is 0 Å². The summed E-state index contributed by atoms with van der Waals surface area (Å²) in [6.07, 6.45) is 1.93. The van der Waals surface area contributed by atoms with E-state index in [1.807, 2.05) is 30.5 Å². The number of carbonyl (C=O) groups is 1. The summed E-state index contributed by atoms with van der Waals surface area (Å²) in [5.41, 5.74) is 0.777. The van der Waals surface area contributed by atoms with Gasteiger partial charge in [0.1, 0.15) is 0 Å². The van der Waals surface area contributed by atoms with Crippen molar-refractivity contribution in [2.45, 2.75) is 0 Å². The minimum atomic E-state index is 0.184. The van der Waals surface area contributed by atoms with Crippen LogP contribution in [-0.4, -0.2) is 17.8 Å². The number of ketones is 1. The van der Waals surface area contributed by atoms with Gasteiger partial charge in [0.05, 0.1) is 5.75 Å². The SMILES string of the molecule is CSCC(=O)c1cccc(Br)c1. The third-order valence-electron chi connectivity index (χ3n) is 1.42. The Balaban J connectivity index is 2.81. The van der Waals surface area contributed by atoms with Crippen LogP contribution in [0.2, 0.25) is 0 Å². The van der Waals surface area contributed by atoms with Crippen LogP contribution in [0.5, 0.6) is 0 Å². The zero-order valence-electron chi connectivity index (χ0n) is 6.71. The fourth-order valence-electron chi connectivity index (χ4n) is 0.876. The quantitative estimate of drug-likeness (QED) is 0.761. The van der Waals surface area contributed by atoms with Crippen LogP contribution in [-0.2, 0) is 0 Å². The molecular formula is C9H9BrOS. The minimum Gasteiger partial charge on any atom is -0.293 e. The van der Waals surface area contributed by atoms with E-state index >= 15 is 0 Å². The summed E-state index contributed by atoms with van der Waals surface area (Å²) in [4.78, 5) is 11.4. The predicted octanol–water partition coefficient (Wildman–Crippen LogP) is 2.99. The molecule has 3 heteroatoms. The highest BCUT2D eigenvalue weighted by Crippen LogP contribution is 2.13. The van der Waals surface area contributed by atoms with Crippen LogP contribution in [0.15, 0.2) is 28.7 Å². The maximum absolute atomic E-state index is 11.4. The smallest absolute Gasteiger partial charge is 0.172 e. The van der Waals surface area contributed by atoms with E-state index in [9.17, 15) is 4.79 Å². The molecule has 0 saturated heterocycles. The molecule has 0 unspecified atom stereocenters. The van der Waals surface area contributed by atoms with E-state index in [4.69, 9.17) is 0 Å². The number of halogens is 1. The molecule has 0 saturated carbocycles. The molecule has 0 N–H and O–H groups in total. The number of carbonyl (C=O) groups excluding carboxylic acids is 1.